The third kappa shape index (κ3) is 3.51. The van der Waals surface area contributed by atoms with E-state index in [1.807, 2.05) is 24.3 Å². The smallest absolute Gasteiger partial charge is 0.125 e. The van der Waals surface area contributed by atoms with Gasteiger partial charge in [-0.3, -0.25) is 4.90 Å². The first-order valence-corrected chi connectivity index (χ1v) is 8.39. The largest absolute Gasteiger partial charge is 0.303 e. The van der Waals surface area contributed by atoms with E-state index in [0.29, 0.717) is 0 Å². The fourth-order valence-corrected chi connectivity index (χ4v) is 3.75. The van der Waals surface area contributed by atoms with Gasteiger partial charge in [0.25, 0.3) is 0 Å². The number of halogens is 1. The summed E-state index contributed by atoms with van der Waals surface area (Å²) in [4.78, 5) is 17.8. The molecule has 0 bridgehead atoms. The van der Waals surface area contributed by atoms with Crippen LogP contribution in [0.15, 0.2) is 29.6 Å². The summed E-state index contributed by atoms with van der Waals surface area (Å²) in [5, 5.41) is 3.81. The molecule has 2 aromatic rings. The number of nitrogens with zero attached hydrogens (tertiary/aromatic N) is 2. The van der Waals surface area contributed by atoms with Crippen molar-refractivity contribution in [1.29, 1.82) is 0 Å². The van der Waals surface area contributed by atoms with Gasteiger partial charge >= 0.3 is 0 Å². The van der Waals surface area contributed by atoms with Crippen molar-refractivity contribution >= 4 is 29.2 Å². The molecule has 1 aromatic carbocycles. The number of benzene rings is 1. The Kier molecular flexibility index (Phi) is 4.68. The average molecular weight is 321 g/mol. The molecule has 5 heteroatoms. The molecule has 1 aliphatic rings. The van der Waals surface area contributed by atoms with Crippen molar-refractivity contribution in [3.8, 4) is 10.6 Å². The maximum Gasteiger partial charge on any atom is 0.125 e. The molecule has 21 heavy (non-hydrogen) atoms. The lowest BCUT2D eigenvalue weighted by Gasteiger charge is -2.28. The van der Waals surface area contributed by atoms with E-state index < -0.39 is 0 Å². The van der Waals surface area contributed by atoms with Crippen LogP contribution in [0.1, 0.15) is 18.5 Å². The van der Waals surface area contributed by atoms with E-state index in [0.717, 1.165) is 60.0 Å². The zero-order valence-corrected chi connectivity index (χ0v) is 13.2. The summed E-state index contributed by atoms with van der Waals surface area (Å²) in [6.45, 7) is 2.80. The number of carbonyl (C=O) groups excluding carboxylic acids is 1. The van der Waals surface area contributed by atoms with Gasteiger partial charge in [0.15, 0.2) is 0 Å². The fourth-order valence-electron chi connectivity index (χ4n) is 2.61. The van der Waals surface area contributed by atoms with E-state index in [4.69, 9.17) is 16.6 Å². The number of carbonyl (C=O) groups is 1. The molecular weight excluding hydrogens is 304 g/mol. The molecule has 1 fully saturated rings. The molecule has 3 nitrogen and oxygen atoms in total. The van der Waals surface area contributed by atoms with Crippen LogP contribution in [0.25, 0.3) is 10.6 Å². The quantitative estimate of drug-likeness (QED) is 0.802. The normalized spacial score (nSPS) is 17.0. The zero-order chi connectivity index (χ0) is 14.7. The zero-order valence-electron chi connectivity index (χ0n) is 11.7. The molecule has 1 saturated heterocycles. The number of hydrogen-bond acceptors (Lipinski definition) is 4. The minimum atomic E-state index is 0.246. The van der Waals surface area contributed by atoms with Crippen molar-refractivity contribution in [3.05, 3.63) is 40.4 Å². The van der Waals surface area contributed by atoms with Crippen molar-refractivity contribution in [1.82, 2.24) is 9.88 Å². The Bertz CT molecular complexity index is 620. The Morgan fingerprint density at radius 1 is 1.33 bits per heavy atom. The molecular formula is C16H17ClN2OS. The molecule has 2 heterocycles. The number of aromatic nitrogens is 1. The molecule has 0 saturated carbocycles. The van der Waals surface area contributed by atoms with Crippen LogP contribution in [0.2, 0.25) is 5.02 Å². The van der Waals surface area contributed by atoms with Crippen LogP contribution in [0.4, 0.5) is 0 Å². The Balaban J connectivity index is 1.66. The third-order valence-electron chi connectivity index (χ3n) is 3.87. The predicted octanol–water partition coefficient (Wildman–Crippen LogP) is 3.87. The molecule has 1 aromatic heterocycles. The first-order valence-electron chi connectivity index (χ1n) is 7.13. The molecule has 0 amide bonds. The van der Waals surface area contributed by atoms with Gasteiger partial charge in [-0.15, -0.1) is 11.3 Å². The summed E-state index contributed by atoms with van der Waals surface area (Å²) >= 11 is 7.85. The van der Waals surface area contributed by atoms with E-state index in [1.54, 1.807) is 11.3 Å². The van der Waals surface area contributed by atoms with Crippen molar-refractivity contribution in [2.24, 2.45) is 5.92 Å². The Morgan fingerprint density at radius 2 is 2.10 bits per heavy atom. The van der Waals surface area contributed by atoms with E-state index in [1.165, 1.54) is 0 Å². The Morgan fingerprint density at radius 3 is 2.81 bits per heavy atom. The van der Waals surface area contributed by atoms with Crippen LogP contribution in [0.5, 0.6) is 0 Å². The van der Waals surface area contributed by atoms with Gasteiger partial charge in [-0.25, -0.2) is 4.98 Å². The summed E-state index contributed by atoms with van der Waals surface area (Å²) in [5.41, 5.74) is 2.08. The maximum absolute atomic E-state index is 10.8. The van der Waals surface area contributed by atoms with Gasteiger partial charge in [0, 0.05) is 23.4 Å². The molecule has 3 rings (SSSR count). The number of aldehydes is 1. The van der Waals surface area contributed by atoms with Crippen LogP contribution < -0.4 is 0 Å². The van der Waals surface area contributed by atoms with Gasteiger partial charge in [-0.1, -0.05) is 29.8 Å². The summed E-state index contributed by atoms with van der Waals surface area (Å²) in [6.07, 6.45) is 3.02. The minimum Gasteiger partial charge on any atom is -0.303 e. The van der Waals surface area contributed by atoms with E-state index >= 15 is 0 Å². The lowest BCUT2D eigenvalue weighted by molar-refractivity contribution is -0.112. The second-order valence-corrected chi connectivity index (χ2v) is 6.64. The molecule has 0 spiro atoms. The number of piperidine rings is 1. The molecule has 0 aliphatic carbocycles. The number of likely N-dealkylation sites (tertiary alicyclic amines) is 1. The minimum absolute atomic E-state index is 0.246. The van der Waals surface area contributed by atoms with Gasteiger partial charge in [0.05, 0.1) is 10.7 Å². The number of thiazole rings is 1. The van der Waals surface area contributed by atoms with E-state index in [9.17, 15) is 4.79 Å². The second kappa shape index (κ2) is 6.69. The first-order chi connectivity index (χ1) is 10.3. The van der Waals surface area contributed by atoms with Crippen molar-refractivity contribution in [2.45, 2.75) is 19.4 Å². The van der Waals surface area contributed by atoms with Gasteiger partial charge in [0.2, 0.25) is 0 Å². The highest BCUT2D eigenvalue weighted by atomic mass is 35.5. The predicted molar refractivity (Wildman–Crippen MR) is 86.6 cm³/mol. The van der Waals surface area contributed by atoms with Crippen molar-refractivity contribution < 1.29 is 4.79 Å². The van der Waals surface area contributed by atoms with Crippen LogP contribution in [0, 0.1) is 5.92 Å². The van der Waals surface area contributed by atoms with Gasteiger partial charge < -0.3 is 4.79 Å². The molecule has 110 valence electrons. The number of rotatable bonds is 4. The van der Waals surface area contributed by atoms with Crippen LogP contribution in [-0.2, 0) is 11.3 Å². The second-order valence-electron chi connectivity index (χ2n) is 5.37. The van der Waals surface area contributed by atoms with Gasteiger partial charge in [-0.2, -0.15) is 0 Å². The summed E-state index contributed by atoms with van der Waals surface area (Å²) in [5.74, 6) is 0.246. The Labute approximate surface area is 133 Å². The third-order valence-corrected chi connectivity index (χ3v) is 5.12. The van der Waals surface area contributed by atoms with Crippen LogP contribution in [0.3, 0.4) is 0 Å². The lowest BCUT2D eigenvalue weighted by atomic mass is 9.99. The Hall–Kier alpha value is -1.23. The fraction of sp³-hybridized carbons (Fsp3) is 0.375. The van der Waals surface area contributed by atoms with Gasteiger partial charge in [0.1, 0.15) is 11.3 Å². The average Bonchev–Trinajstić information content (AvgIpc) is 2.97. The van der Waals surface area contributed by atoms with E-state index in [-0.39, 0.29) is 5.92 Å². The molecule has 0 atom stereocenters. The molecule has 0 N–H and O–H groups in total. The van der Waals surface area contributed by atoms with Crippen LogP contribution >= 0.6 is 22.9 Å². The highest BCUT2D eigenvalue weighted by molar-refractivity contribution is 7.13. The van der Waals surface area contributed by atoms with Crippen molar-refractivity contribution in [3.63, 3.8) is 0 Å². The molecule has 1 aliphatic heterocycles. The maximum atomic E-state index is 10.8. The molecule has 0 radical (unpaired) electrons. The monoisotopic (exact) mass is 320 g/mol. The number of hydrogen-bond donors (Lipinski definition) is 0. The first kappa shape index (κ1) is 14.7. The highest BCUT2D eigenvalue weighted by Gasteiger charge is 2.19. The highest BCUT2D eigenvalue weighted by Crippen LogP contribution is 2.30. The molecule has 0 unspecified atom stereocenters. The SMILES string of the molecule is O=CC1CCN(Cc2csc(-c3ccccc3Cl)n2)CC1. The summed E-state index contributed by atoms with van der Waals surface area (Å²) in [7, 11) is 0. The van der Waals surface area contributed by atoms with Crippen LogP contribution in [-0.4, -0.2) is 29.3 Å². The van der Waals surface area contributed by atoms with Gasteiger partial charge in [-0.05, 0) is 32.0 Å². The summed E-state index contributed by atoms with van der Waals surface area (Å²) in [6, 6.07) is 7.80. The standard InChI is InChI=1S/C16H17ClN2OS/c17-15-4-2-1-3-14(15)16-18-13(11-21-16)9-19-7-5-12(10-20)6-8-19/h1-4,10-12H,5-9H2. The lowest BCUT2D eigenvalue weighted by Crippen LogP contribution is -2.33. The summed E-state index contributed by atoms with van der Waals surface area (Å²) < 4.78 is 0. The van der Waals surface area contributed by atoms with Crippen molar-refractivity contribution in [2.75, 3.05) is 13.1 Å². The van der Waals surface area contributed by atoms with E-state index in [2.05, 4.69) is 10.3 Å². The topological polar surface area (TPSA) is 33.2 Å².